The highest BCUT2D eigenvalue weighted by molar-refractivity contribution is 7.89. The number of amides is 1. The third-order valence-corrected chi connectivity index (χ3v) is 9.26. The summed E-state index contributed by atoms with van der Waals surface area (Å²) < 4.78 is 40.5. The van der Waals surface area contributed by atoms with E-state index in [9.17, 15) is 13.2 Å². The van der Waals surface area contributed by atoms with Crippen molar-refractivity contribution in [1.82, 2.24) is 14.9 Å². The number of benzene rings is 3. The Labute approximate surface area is 244 Å². The first-order valence-electron chi connectivity index (χ1n) is 13.2. The van der Waals surface area contributed by atoms with Crippen molar-refractivity contribution in [2.45, 2.75) is 36.4 Å². The zero-order valence-electron chi connectivity index (χ0n) is 21.8. The Balaban J connectivity index is 1.29. The van der Waals surface area contributed by atoms with E-state index in [4.69, 9.17) is 32.7 Å². The molecule has 2 aliphatic heterocycles. The molecule has 40 heavy (non-hydrogen) atoms. The minimum absolute atomic E-state index is 0.0329. The summed E-state index contributed by atoms with van der Waals surface area (Å²) in [5, 5.41) is 3.48. The molecular formula is C29H31Cl2N3O5S. The second-order valence-corrected chi connectivity index (χ2v) is 12.4. The topological polar surface area (TPSA) is 97.0 Å². The van der Waals surface area contributed by atoms with Gasteiger partial charge in [0.25, 0.3) is 0 Å². The number of morpholine rings is 1. The van der Waals surface area contributed by atoms with Gasteiger partial charge in [-0.25, -0.2) is 13.1 Å². The quantitative estimate of drug-likeness (QED) is 0.362. The largest absolute Gasteiger partial charge is 0.493 e. The molecule has 0 radical (unpaired) electrons. The van der Waals surface area contributed by atoms with Crippen molar-refractivity contribution in [2.75, 3.05) is 32.9 Å². The van der Waals surface area contributed by atoms with Gasteiger partial charge in [-0.3, -0.25) is 9.69 Å². The number of ether oxygens (including phenoxy) is 2. The maximum atomic E-state index is 13.3. The maximum Gasteiger partial charge on any atom is 0.241 e. The van der Waals surface area contributed by atoms with Gasteiger partial charge in [-0.15, -0.1) is 0 Å². The van der Waals surface area contributed by atoms with Crippen molar-refractivity contribution in [3.63, 3.8) is 0 Å². The Morgan fingerprint density at radius 1 is 0.975 bits per heavy atom. The first-order chi connectivity index (χ1) is 19.3. The highest BCUT2D eigenvalue weighted by Crippen LogP contribution is 2.34. The Kier molecular flexibility index (Phi) is 9.30. The summed E-state index contributed by atoms with van der Waals surface area (Å²) in [6.45, 7) is 4.56. The van der Waals surface area contributed by atoms with Gasteiger partial charge in [-0.1, -0.05) is 65.7 Å². The average molecular weight is 605 g/mol. The molecule has 0 saturated carbocycles. The van der Waals surface area contributed by atoms with Crippen LogP contribution in [0.15, 0.2) is 71.6 Å². The van der Waals surface area contributed by atoms with Crippen molar-refractivity contribution in [3.8, 4) is 5.75 Å². The number of carbonyl (C=O) groups excluding carboxylic acids is 1. The van der Waals surface area contributed by atoms with Crippen LogP contribution in [0.25, 0.3) is 0 Å². The van der Waals surface area contributed by atoms with Crippen LogP contribution in [0.4, 0.5) is 0 Å². The monoisotopic (exact) mass is 603 g/mol. The highest BCUT2D eigenvalue weighted by Gasteiger charge is 2.28. The van der Waals surface area contributed by atoms with Gasteiger partial charge in [-0.2, -0.15) is 0 Å². The third kappa shape index (κ3) is 7.15. The van der Waals surface area contributed by atoms with Crippen LogP contribution in [0.5, 0.6) is 5.75 Å². The molecule has 1 amide bonds. The lowest BCUT2D eigenvalue weighted by Gasteiger charge is -2.29. The minimum Gasteiger partial charge on any atom is -0.493 e. The number of sulfonamides is 1. The molecule has 0 unspecified atom stereocenters. The van der Waals surface area contributed by atoms with Crippen molar-refractivity contribution in [3.05, 3.63) is 93.5 Å². The molecule has 2 aliphatic rings. The van der Waals surface area contributed by atoms with E-state index in [1.54, 1.807) is 24.3 Å². The highest BCUT2D eigenvalue weighted by atomic mass is 35.5. The predicted molar refractivity (Wildman–Crippen MR) is 154 cm³/mol. The molecule has 0 aromatic heterocycles. The lowest BCUT2D eigenvalue weighted by molar-refractivity contribution is -0.122. The smallest absolute Gasteiger partial charge is 0.241 e. The summed E-state index contributed by atoms with van der Waals surface area (Å²) >= 11 is 12.0. The SMILES string of the molecule is O=C(C[C@@H](NS(=O)(=O)c1ccc(Cl)c(Cl)c1)c1ccccc1)N[C@@H]1CCOc2cc(CN3CCOCC3)ccc21. The summed E-state index contributed by atoms with van der Waals surface area (Å²) in [4.78, 5) is 15.6. The summed E-state index contributed by atoms with van der Waals surface area (Å²) in [5.41, 5.74) is 2.73. The van der Waals surface area contributed by atoms with Crippen molar-refractivity contribution < 1.29 is 22.7 Å². The summed E-state index contributed by atoms with van der Waals surface area (Å²) in [5.74, 6) is 0.489. The van der Waals surface area contributed by atoms with Crippen molar-refractivity contribution in [2.24, 2.45) is 0 Å². The molecule has 1 fully saturated rings. The van der Waals surface area contributed by atoms with Gasteiger partial charge in [0.05, 0.1) is 46.8 Å². The van der Waals surface area contributed by atoms with Gasteiger partial charge in [0.15, 0.2) is 0 Å². The van der Waals surface area contributed by atoms with Gasteiger partial charge in [0.2, 0.25) is 15.9 Å². The van der Waals surface area contributed by atoms with Crippen LogP contribution in [0.2, 0.25) is 10.0 Å². The minimum atomic E-state index is -4.00. The second kappa shape index (κ2) is 12.9. The number of hydrogen-bond acceptors (Lipinski definition) is 6. The number of rotatable bonds is 9. The zero-order chi connectivity index (χ0) is 28.1. The van der Waals surface area contributed by atoms with Gasteiger partial charge < -0.3 is 14.8 Å². The van der Waals surface area contributed by atoms with Crippen LogP contribution in [-0.2, 0) is 26.1 Å². The Bertz CT molecular complexity index is 1450. The molecule has 8 nitrogen and oxygen atoms in total. The molecule has 5 rings (SSSR count). The van der Waals surface area contributed by atoms with E-state index in [0.29, 0.717) is 18.6 Å². The Morgan fingerprint density at radius 2 is 1.75 bits per heavy atom. The molecule has 2 heterocycles. The fraction of sp³-hybridized carbons (Fsp3) is 0.345. The van der Waals surface area contributed by atoms with E-state index in [-0.39, 0.29) is 33.3 Å². The van der Waals surface area contributed by atoms with E-state index in [1.807, 2.05) is 18.2 Å². The first kappa shape index (κ1) is 28.9. The fourth-order valence-electron chi connectivity index (χ4n) is 4.95. The molecule has 1 saturated heterocycles. The van der Waals surface area contributed by atoms with Crippen LogP contribution in [0.1, 0.15) is 41.6 Å². The molecule has 3 aromatic rings. The van der Waals surface area contributed by atoms with Crippen LogP contribution in [0.3, 0.4) is 0 Å². The van der Waals surface area contributed by atoms with Crippen molar-refractivity contribution >= 4 is 39.1 Å². The number of nitrogens with one attached hydrogen (secondary N) is 2. The van der Waals surface area contributed by atoms with E-state index < -0.39 is 16.1 Å². The maximum absolute atomic E-state index is 13.3. The molecule has 11 heteroatoms. The molecule has 0 bridgehead atoms. The Morgan fingerprint density at radius 3 is 2.50 bits per heavy atom. The normalized spacial score (nSPS) is 18.4. The standard InChI is InChI=1S/C29H31Cl2N3O5S/c30-24-9-7-22(17-25(24)31)40(36,37)33-27(21-4-2-1-3-5-21)18-29(35)32-26-10-13-39-28-16-20(6-8-23(26)28)19-34-11-14-38-15-12-34/h1-9,16-17,26-27,33H,10-15,18-19H2,(H,32,35)/t26-,27-/m1/s1. The van der Waals surface area contributed by atoms with Gasteiger partial charge in [0.1, 0.15) is 5.75 Å². The van der Waals surface area contributed by atoms with E-state index in [0.717, 1.165) is 49.7 Å². The number of fused-ring (bicyclic) bond motifs is 1. The Hall–Kier alpha value is -2.66. The number of nitrogens with zero attached hydrogens (tertiary/aromatic N) is 1. The second-order valence-electron chi connectivity index (χ2n) is 9.88. The molecule has 2 atom stereocenters. The molecule has 0 aliphatic carbocycles. The molecular weight excluding hydrogens is 573 g/mol. The molecule has 2 N–H and O–H groups in total. The molecule has 3 aromatic carbocycles. The van der Waals surface area contributed by atoms with E-state index >= 15 is 0 Å². The zero-order valence-corrected chi connectivity index (χ0v) is 24.1. The van der Waals surface area contributed by atoms with Crippen LogP contribution < -0.4 is 14.8 Å². The number of halogens is 2. The third-order valence-electron chi connectivity index (χ3n) is 7.05. The summed E-state index contributed by atoms with van der Waals surface area (Å²) in [7, 11) is -4.00. The molecule has 0 spiro atoms. The molecule has 212 valence electrons. The van der Waals surface area contributed by atoms with E-state index in [1.165, 1.54) is 18.2 Å². The van der Waals surface area contributed by atoms with Crippen LogP contribution in [-0.4, -0.2) is 52.1 Å². The number of hydrogen-bond donors (Lipinski definition) is 2. The summed E-state index contributed by atoms with van der Waals surface area (Å²) in [6, 6.07) is 18.2. The van der Waals surface area contributed by atoms with Crippen LogP contribution >= 0.6 is 23.2 Å². The van der Waals surface area contributed by atoms with Crippen molar-refractivity contribution in [1.29, 1.82) is 0 Å². The lowest BCUT2D eigenvalue weighted by atomic mass is 9.97. The van der Waals surface area contributed by atoms with Gasteiger partial charge >= 0.3 is 0 Å². The first-order valence-corrected chi connectivity index (χ1v) is 15.4. The van der Waals surface area contributed by atoms with Gasteiger partial charge in [-0.05, 0) is 35.4 Å². The summed E-state index contributed by atoms with van der Waals surface area (Å²) in [6.07, 6.45) is 0.527. The van der Waals surface area contributed by atoms with Crippen LogP contribution in [0, 0.1) is 0 Å². The fourth-order valence-corrected chi connectivity index (χ4v) is 6.56. The van der Waals surface area contributed by atoms with E-state index in [2.05, 4.69) is 21.0 Å². The number of carbonyl (C=O) groups is 1. The predicted octanol–water partition coefficient (Wildman–Crippen LogP) is 4.88. The van der Waals surface area contributed by atoms with Gasteiger partial charge in [0, 0.05) is 38.0 Å². The lowest BCUT2D eigenvalue weighted by Crippen LogP contribution is -2.37. The average Bonchev–Trinajstić information content (AvgIpc) is 2.95.